The predicted molar refractivity (Wildman–Crippen MR) is 121 cm³/mol. The van der Waals surface area contributed by atoms with Gasteiger partial charge in [-0.1, -0.05) is 24.3 Å². The van der Waals surface area contributed by atoms with Crippen LogP contribution in [0.4, 0.5) is 0 Å². The molecule has 0 aliphatic rings. The Labute approximate surface area is 187 Å². The first kappa shape index (κ1) is 22.7. The van der Waals surface area contributed by atoms with E-state index in [1.807, 2.05) is 42.6 Å². The van der Waals surface area contributed by atoms with E-state index in [0.717, 1.165) is 22.6 Å². The summed E-state index contributed by atoms with van der Waals surface area (Å²) in [5.74, 6) is 0.646. The third-order valence-corrected chi connectivity index (χ3v) is 4.64. The van der Waals surface area contributed by atoms with Crippen LogP contribution < -0.4 is 9.47 Å². The number of ether oxygens (including phenoxy) is 4. The summed E-state index contributed by atoms with van der Waals surface area (Å²) in [6.45, 7) is 1.99. The van der Waals surface area contributed by atoms with E-state index in [-0.39, 0.29) is 13.4 Å². The van der Waals surface area contributed by atoms with Crippen LogP contribution in [0.25, 0.3) is 17.8 Å². The van der Waals surface area contributed by atoms with Crippen LogP contribution in [0, 0.1) is 11.3 Å². The third kappa shape index (κ3) is 5.36. The van der Waals surface area contributed by atoms with Crippen LogP contribution in [0.5, 0.6) is 11.5 Å². The van der Waals surface area contributed by atoms with E-state index >= 15 is 0 Å². The lowest BCUT2D eigenvalue weighted by Crippen LogP contribution is -2.10. The van der Waals surface area contributed by atoms with E-state index < -0.39 is 5.97 Å². The van der Waals surface area contributed by atoms with Crippen LogP contribution in [0.1, 0.15) is 34.0 Å². The van der Waals surface area contributed by atoms with Crippen molar-refractivity contribution in [3.8, 4) is 23.3 Å². The Morgan fingerprint density at radius 3 is 2.53 bits per heavy atom. The van der Waals surface area contributed by atoms with Gasteiger partial charge in [0.1, 0.15) is 23.1 Å². The number of hydrogen-bond acceptors (Lipinski definition) is 6. The quantitative estimate of drug-likeness (QED) is 0.360. The Morgan fingerprint density at radius 1 is 1.09 bits per heavy atom. The van der Waals surface area contributed by atoms with E-state index in [4.69, 9.17) is 18.9 Å². The van der Waals surface area contributed by atoms with E-state index in [0.29, 0.717) is 16.9 Å². The molecule has 3 rings (SSSR count). The van der Waals surface area contributed by atoms with Crippen molar-refractivity contribution in [3.05, 3.63) is 77.1 Å². The third-order valence-electron chi connectivity index (χ3n) is 4.64. The van der Waals surface area contributed by atoms with Gasteiger partial charge in [-0.2, -0.15) is 5.26 Å². The molecule has 3 aromatic rings. The van der Waals surface area contributed by atoms with Crippen LogP contribution in [0.2, 0.25) is 0 Å². The minimum Gasteiger partial charge on any atom is -0.497 e. The average Bonchev–Trinajstić information content (AvgIpc) is 3.25. The average molecular weight is 432 g/mol. The van der Waals surface area contributed by atoms with E-state index in [9.17, 15) is 10.1 Å². The molecular formula is C25H24N2O5. The van der Waals surface area contributed by atoms with Crippen LogP contribution in [0.15, 0.2) is 54.9 Å². The molecule has 0 atom stereocenters. The van der Waals surface area contributed by atoms with Crippen molar-refractivity contribution in [2.45, 2.75) is 6.92 Å². The molecule has 0 N–H and O–H groups in total. The maximum absolute atomic E-state index is 12.2. The minimum absolute atomic E-state index is 0.0131. The number of nitrogens with zero attached hydrogens (tertiary/aromatic N) is 2. The predicted octanol–water partition coefficient (Wildman–Crippen LogP) is 4.69. The lowest BCUT2D eigenvalue weighted by molar-refractivity contribution is 0.0438. The van der Waals surface area contributed by atoms with Gasteiger partial charge in [0.05, 0.1) is 19.3 Å². The topological polar surface area (TPSA) is 82.7 Å². The summed E-state index contributed by atoms with van der Waals surface area (Å²) in [5.41, 5.74) is 3.29. The Bertz CT molecular complexity index is 1140. The summed E-state index contributed by atoms with van der Waals surface area (Å²) >= 11 is 0. The van der Waals surface area contributed by atoms with E-state index in [1.54, 1.807) is 43.0 Å². The number of aromatic nitrogens is 1. The molecule has 164 valence electrons. The number of methoxy groups -OCH3 is 2. The molecule has 0 amide bonds. The highest BCUT2D eigenvalue weighted by Crippen LogP contribution is 2.26. The highest BCUT2D eigenvalue weighted by Gasteiger charge is 2.16. The first-order chi connectivity index (χ1) is 15.6. The van der Waals surface area contributed by atoms with Crippen molar-refractivity contribution in [1.29, 1.82) is 5.26 Å². The Kier molecular flexibility index (Phi) is 7.68. The number of esters is 1. The largest absolute Gasteiger partial charge is 0.497 e. The van der Waals surface area contributed by atoms with Gasteiger partial charge >= 0.3 is 5.97 Å². The molecule has 0 aliphatic carbocycles. The lowest BCUT2D eigenvalue weighted by Gasteiger charge is -2.12. The molecule has 7 nitrogen and oxygen atoms in total. The Hall–Kier alpha value is -4.02. The molecule has 1 aromatic heterocycles. The monoisotopic (exact) mass is 432 g/mol. The number of benzene rings is 2. The zero-order valence-electron chi connectivity index (χ0n) is 18.2. The molecule has 0 aliphatic heterocycles. The van der Waals surface area contributed by atoms with Crippen LogP contribution >= 0.6 is 0 Å². The fraction of sp³-hybridized carbons (Fsp3) is 0.200. The van der Waals surface area contributed by atoms with Crippen molar-refractivity contribution < 1.29 is 23.7 Å². The fourth-order valence-electron chi connectivity index (χ4n) is 3.04. The zero-order valence-corrected chi connectivity index (χ0v) is 18.2. The van der Waals surface area contributed by atoms with Gasteiger partial charge in [0.15, 0.2) is 6.79 Å². The normalized spacial score (nSPS) is 10.7. The summed E-state index contributed by atoms with van der Waals surface area (Å²) in [7, 11) is 3.12. The Balaban J connectivity index is 1.92. The van der Waals surface area contributed by atoms with E-state index in [2.05, 4.69) is 6.07 Å². The number of hydrogen-bond donors (Lipinski definition) is 0. The summed E-state index contributed by atoms with van der Waals surface area (Å²) in [5, 5.41) is 9.57. The molecule has 0 spiro atoms. The fourth-order valence-corrected chi connectivity index (χ4v) is 3.04. The summed E-state index contributed by atoms with van der Waals surface area (Å²) in [6, 6.07) is 15.0. The van der Waals surface area contributed by atoms with Crippen molar-refractivity contribution >= 4 is 18.1 Å². The lowest BCUT2D eigenvalue weighted by atomic mass is 10.1. The van der Waals surface area contributed by atoms with Crippen LogP contribution in [0.3, 0.4) is 0 Å². The van der Waals surface area contributed by atoms with Crippen LogP contribution in [-0.2, 0) is 9.47 Å². The van der Waals surface area contributed by atoms with Crippen molar-refractivity contribution in [2.75, 3.05) is 27.6 Å². The smallest absolute Gasteiger partial charge is 0.341 e. The van der Waals surface area contributed by atoms with Gasteiger partial charge in [0.25, 0.3) is 0 Å². The first-order valence-corrected chi connectivity index (χ1v) is 9.97. The van der Waals surface area contributed by atoms with Gasteiger partial charge in [-0.3, -0.25) is 0 Å². The molecule has 0 bridgehead atoms. The summed E-state index contributed by atoms with van der Waals surface area (Å²) in [4.78, 5) is 12.2. The second-order valence-corrected chi connectivity index (χ2v) is 6.70. The second-order valence-electron chi connectivity index (χ2n) is 6.70. The second kappa shape index (κ2) is 10.8. The maximum atomic E-state index is 12.2. The van der Waals surface area contributed by atoms with Gasteiger partial charge in [0.2, 0.25) is 0 Å². The van der Waals surface area contributed by atoms with Gasteiger partial charge in [-0.15, -0.1) is 0 Å². The standard InChI is InChI=1S/C25H24N2O5/c1-4-31-25(28)23-12-9-21(13-24(23)32-17-29-2)27-15-19(20(14-26)16-27)8-5-18-6-10-22(30-3)11-7-18/h5-13,15-16H,4,17H2,1-3H3/b8-5+. The number of nitriles is 1. The SMILES string of the molecule is CCOC(=O)c1ccc(-n2cc(C#N)c(/C=C/c3ccc(OC)cc3)c2)cc1OCOC. The molecule has 0 fully saturated rings. The number of carbonyl (C=O) groups excluding carboxylic acids is 1. The van der Waals surface area contributed by atoms with Gasteiger partial charge in [-0.05, 0) is 36.8 Å². The highest BCUT2D eigenvalue weighted by atomic mass is 16.7. The van der Waals surface area contributed by atoms with Crippen LogP contribution in [-0.4, -0.2) is 38.2 Å². The minimum atomic E-state index is -0.474. The summed E-state index contributed by atoms with van der Waals surface area (Å²) in [6.07, 6.45) is 7.38. The first-order valence-electron chi connectivity index (χ1n) is 9.97. The van der Waals surface area contributed by atoms with Gasteiger partial charge in [0, 0.05) is 36.8 Å². The molecule has 2 aromatic carbocycles. The molecule has 0 saturated carbocycles. The molecule has 0 radical (unpaired) electrons. The number of carbonyl (C=O) groups is 1. The molecule has 32 heavy (non-hydrogen) atoms. The van der Waals surface area contributed by atoms with Crippen molar-refractivity contribution in [3.63, 3.8) is 0 Å². The summed E-state index contributed by atoms with van der Waals surface area (Å²) < 4.78 is 22.6. The highest BCUT2D eigenvalue weighted by molar-refractivity contribution is 5.93. The zero-order chi connectivity index (χ0) is 22.9. The molecule has 0 saturated heterocycles. The van der Waals surface area contributed by atoms with Gasteiger partial charge < -0.3 is 23.5 Å². The Morgan fingerprint density at radius 2 is 1.88 bits per heavy atom. The number of rotatable bonds is 9. The molecule has 1 heterocycles. The van der Waals surface area contributed by atoms with E-state index in [1.165, 1.54) is 7.11 Å². The molecular weight excluding hydrogens is 408 g/mol. The van der Waals surface area contributed by atoms with Gasteiger partial charge in [-0.25, -0.2) is 4.79 Å². The molecule has 0 unspecified atom stereocenters. The molecule has 7 heteroatoms. The van der Waals surface area contributed by atoms with Crippen molar-refractivity contribution in [1.82, 2.24) is 4.57 Å². The van der Waals surface area contributed by atoms with Crippen molar-refractivity contribution in [2.24, 2.45) is 0 Å². The maximum Gasteiger partial charge on any atom is 0.341 e.